The van der Waals surface area contributed by atoms with Crippen LogP contribution in [0.1, 0.15) is 69.9 Å². The zero-order valence-corrected chi connectivity index (χ0v) is 19.4. The number of nitrogens with zero attached hydrogens (tertiary/aromatic N) is 1. The van der Waals surface area contributed by atoms with Crippen molar-refractivity contribution in [3.05, 3.63) is 29.8 Å². The lowest BCUT2D eigenvalue weighted by atomic mass is 9.85. The fraction of sp³-hybridized carbons (Fsp3) is 0.680. The lowest BCUT2D eigenvalue weighted by Gasteiger charge is -2.40. The van der Waals surface area contributed by atoms with Crippen LogP contribution >= 0.6 is 0 Å². The normalized spacial score (nSPS) is 23.7. The van der Waals surface area contributed by atoms with E-state index in [0.717, 1.165) is 38.0 Å². The minimum atomic E-state index is -0.503. The summed E-state index contributed by atoms with van der Waals surface area (Å²) in [6.45, 7) is 3.44. The topological polar surface area (TPSA) is 70.7 Å². The van der Waals surface area contributed by atoms with Gasteiger partial charge in [0.1, 0.15) is 11.8 Å². The molecule has 0 radical (unpaired) electrons. The van der Waals surface area contributed by atoms with Gasteiger partial charge in [-0.05, 0) is 75.7 Å². The zero-order chi connectivity index (χ0) is 22.2. The number of nitrogens with one attached hydrogen (secondary N) is 2. The van der Waals surface area contributed by atoms with Crippen LogP contribution in [-0.2, 0) is 9.59 Å². The predicted molar refractivity (Wildman–Crippen MR) is 123 cm³/mol. The van der Waals surface area contributed by atoms with Crippen molar-refractivity contribution < 1.29 is 14.3 Å². The van der Waals surface area contributed by atoms with Gasteiger partial charge < -0.3 is 15.4 Å². The molecule has 1 heterocycles. The van der Waals surface area contributed by atoms with Crippen molar-refractivity contribution in [2.45, 2.75) is 70.4 Å². The van der Waals surface area contributed by atoms with E-state index in [1.807, 2.05) is 12.1 Å². The molecule has 1 aliphatic carbocycles. The quantitative estimate of drug-likeness (QED) is 0.661. The van der Waals surface area contributed by atoms with Gasteiger partial charge in [-0.3, -0.25) is 14.5 Å². The molecule has 6 heteroatoms. The van der Waals surface area contributed by atoms with Crippen LogP contribution < -0.4 is 15.4 Å². The summed E-state index contributed by atoms with van der Waals surface area (Å²) in [5.74, 6) is 1.57. The minimum Gasteiger partial charge on any atom is -0.497 e. The molecule has 3 unspecified atom stereocenters. The van der Waals surface area contributed by atoms with Gasteiger partial charge in [0.25, 0.3) is 0 Å². The maximum Gasteiger partial charge on any atom is 0.242 e. The Morgan fingerprint density at radius 2 is 1.81 bits per heavy atom. The maximum absolute atomic E-state index is 12.7. The van der Waals surface area contributed by atoms with Gasteiger partial charge in [0, 0.05) is 19.0 Å². The second-order valence-electron chi connectivity index (χ2n) is 9.34. The summed E-state index contributed by atoms with van der Waals surface area (Å²) >= 11 is 0. The van der Waals surface area contributed by atoms with E-state index >= 15 is 0 Å². The van der Waals surface area contributed by atoms with E-state index in [1.54, 1.807) is 14.0 Å². The Bertz CT molecular complexity index is 715. The average Bonchev–Trinajstić information content (AvgIpc) is 2.78. The van der Waals surface area contributed by atoms with E-state index in [-0.39, 0.29) is 17.9 Å². The van der Waals surface area contributed by atoms with Crippen LogP contribution in [0.4, 0.5) is 0 Å². The molecule has 1 saturated heterocycles. The van der Waals surface area contributed by atoms with Gasteiger partial charge in [0.05, 0.1) is 7.11 Å². The van der Waals surface area contributed by atoms with Crippen LogP contribution in [0.2, 0.25) is 0 Å². The first-order chi connectivity index (χ1) is 15.0. The Morgan fingerprint density at radius 1 is 1.10 bits per heavy atom. The molecular formula is C25H39N3O3. The smallest absolute Gasteiger partial charge is 0.242 e. The molecule has 1 aliphatic heterocycles. The van der Waals surface area contributed by atoms with Gasteiger partial charge in [-0.2, -0.15) is 0 Å². The van der Waals surface area contributed by atoms with Gasteiger partial charge in [0.15, 0.2) is 0 Å². The van der Waals surface area contributed by atoms with Crippen LogP contribution in [0.25, 0.3) is 0 Å². The predicted octanol–water partition coefficient (Wildman–Crippen LogP) is 3.67. The van der Waals surface area contributed by atoms with Crippen LogP contribution in [0.5, 0.6) is 5.75 Å². The van der Waals surface area contributed by atoms with Crippen molar-refractivity contribution in [1.82, 2.24) is 15.5 Å². The SMILES string of the molecule is COc1ccc(C2C(CNC(=O)C(C)NC(=O)CC3CCCCC3)CCCN2C)cc1. The van der Waals surface area contributed by atoms with E-state index in [0.29, 0.717) is 24.8 Å². The third-order valence-corrected chi connectivity index (χ3v) is 6.97. The molecule has 1 saturated carbocycles. The summed E-state index contributed by atoms with van der Waals surface area (Å²) in [7, 11) is 3.83. The Kier molecular flexibility index (Phi) is 8.76. The molecular weight excluding hydrogens is 390 g/mol. The highest BCUT2D eigenvalue weighted by atomic mass is 16.5. The minimum absolute atomic E-state index is 0.00283. The Balaban J connectivity index is 1.51. The number of hydrogen-bond donors (Lipinski definition) is 2. The molecule has 1 aromatic carbocycles. The number of likely N-dealkylation sites (tertiary alicyclic amines) is 1. The molecule has 0 aromatic heterocycles. The second-order valence-corrected chi connectivity index (χ2v) is 9.34. The molecule has 31 heavy (non-hydrogen) atoms. The summed E-state index contributed by atoms with van der Waals surface area (Å²) in [5.41, 5.74) is 1.25. The number of carbonyl (C=O) groups excluding carboxylic acids is 2. The largest absolute Gasteiger partial charge is 0.497 e. The fourth-order valence-corrected chi connectivity index (χ4v) is 5.21. The fourth-order valence-electron chi connectivity index (χ4n) is 5.21. The van der Waals surface area contributed by atoms with Crippen molar-refractivity contribution in [1.29, 1.82) is 0 Å². The monoisotopic (exact) mass is 429 g/mol. The highest BCUT2D eigenvalue weighted by molar-refractivity contribution is 5.87. The molecule has 2 N–H and O–H groups in total. The van der Waals surface area contributed by atoms with Crippen molar-refractivity contribution in [2.24, 2.45) is 11.8 Å². The third kappa shape index (κ3) is 6.70. The van der Waals surface area contributed by atoms with Gasteiger partial charge >= 0.3 is 0 Å². The number of piperidine rings is 1. The van der Waals surface area contributed by atoms with E-state index in [9.17, 15) is 9.59 Å². The molecule has 2 aliphatic rings. The van der Waals surface area contributed by atoms with Crippen molar-refractivity contribution in [3.8, 4) is 5.75 Å². The number of methoxy groups -OCH3 is 1. The van der Waals surface area contributed by atoms with Crippen LogP contribution in [0.15, 0.2) is 24.3 Å². The lowest BCUT2D eigenvalue weighted by molar-refractivity contribution is -0.129. The van der Waals surface area contributed by atoms with Crippen LogP contribution in [0.3, 0.4) is 0 Å². The zero-order valence-electron chi connectivity index (χ0n) is 19.4. The van der Waals surface area contributed by atoms with Crippen molar-refractivity contribution in [3.63, 3.8) is 0 Å². The number of benzene rings is 1. The molecule has 2 fully saturated rings. The van der Waals surface area contributed by atoms with E-state index in [1.165, 1.54) is 24.8 Å². The Morgan fingerprint density at radius 3 is 2.48 bits per heavy atom. The number of ether oxygens (including phenoxy) is 1. The second kappa shape index (κ2) is 11.5. The molecule has 3 rings (SSSR count). The standard InChI is InChI=1S/C25H39N3O3/c1-18(27-23(29)16-19-8-5-4-6-9-19)25(30)26-17-21-10-7-15-28(2)24(21)20-11-13-22(31-3)14-12-20/h11-14,18-19,21,24H,4-10,15-17H2,1-3H3,(H,26,30)(H,27,29). The van der Waals surface area contributed by atoms with E-state index in [4.69, 9.17) is 4.74 Å². The maximum atomic E-state index is 12.7. The van der Waals surface area contributed by atoms with Gasteiger partial charge in [-0.1, -0.05) is 31.4 Å². The highest BCUT2D eigenvalue weighted by Crippen LogP contribution is 2.35. The van der Waals surface area contributed by atoms with Crippen LogP contribution in [0, 0.1) is 11.8 Å². The molecule has 172 valence electrons. The summed E-state index contributed by atoms with van der Waals surface area (Å²) < 4.78 is 5.29. The molecule has 0 spiro atoms. The molecule has 2 amide bonds. The highest BCUT2D eigenvalue weighted by Gasteiger charge is 2.31. The number of amides is 2. The summed E-state index contributed by atoms with van der Waals surface area (Å²) in [6.07, 6.45) is 8.74. The summed E-state index contributed by atoms with van der Waals surface area (Å²) in [6, 6.07) is 7.99. The molecule has 0 bridgehead atoms. The number of hydrogen-bond acceptors (Lipinski definition) is 4. The Hall–Kier alpha value is -2.08. The van der Waals surface area contributed by atoms with E-state index < -0.39 is 6.04 Å². The van der Waals surface area contributed by atoms with Crippen LogP contribution in [-0.4, -0.2) is 50.0 Å². The Labute approximate surface area is 187 Å². The third-order valence-electron chi connectivity index (χ3n) is 6.97. The lowest BCUT2D eigenvalue weighted by Crippen LogP contribution is -2.48. The first kappa shape index (κ1) is 23.6. The van der Waals surface area contributed by atoms with Gasteiger partial charge in [0.2, 0.25) is 11.8 Å². The molecule has 1 aromatic rings. The number of carbonyl (C=O) groups is 2. The van der Waals surface area contributed by atoms with Crippen molar-refractivity contribution in [2.75, 3.05) is 27.2 Å². The van der Waals surface area contributed by atoms with E-state index in [2.05, 4.69) is 34.7 Å². The first-order valence-corrected chi connectivity index (χ1v) is 11.9. The van der Waals surface area contributed by atoms with Gasteiger partial charge in [-0.25, -0.2) is 0 Å². The molecule has 3 atom stereocenters. The molecule has 6 nitrogen and oxygen atoms in total. The summed E-state index contributed by atoms with van der Waals surface area (Å²) in [4.78, 5) is 27.4. The number of rotatable bonds is 8. The van der Waals surface area contributed by atoms with Gasteiger partial charge in [-0.15, -0.1) is 0 Å². The summed E-state index contributed by atoms with van der Waals surface area (Å²) in [5, 5.41) is 6.00. The average molecular weight is 430 g/mol. The first-order valence-electron chi connectivity index (χ1n) is 11.9. The van der Waals surface area contributed by atoms with Crippen molar-refractivity contribution >= 4 is 11.8 Å².